The van der Waals surface area contributed by atoms with Gasteiger partial charge >= 0.3 is 0 Å². The van der Waals surface area contributed by atoms with Crippen LogP contribution in [0.2, 0.25) is 0 Å². The van der Waals surface area contributed by atoms with E-state index in [0.29, 0.717) is 11.3 Å². The quantitative estimate of drug-likeness (QED) is 0.852. The molecule has 3 N–H and O–H groups in total. The number of amides is 1. The molecule has 4 nitrogen and oxygen atoms in total. The van der Waals surface area contributed by atoms with Crippen molar-refractivity contribution in [3.8, 4) is 0 Å². The first-order valence-corrected chi connectivity index (χ1v) is 6.20. The Labute approximate surface area is 120 Å². The van der Waals surface area contributed by atoms with E-state index in [0.717, 1.165) is 17.8 Å². The normalized spacial score (nSPS) is 10.1. The van der Waals surface area contributed by atoms with Crippen molar-refractivity contribution >= 4 is 28.8 Å². The molecule has 0 radical (unpaired) electrons. The first-order chi connectivity index (χ1) is 9.47. The lowest BCUT2D eigenvalue weighted by Crippen LogP contribution is -2.15. The highest BCUT2D eigenvalue weighted by molar-refractivity contribution is 7.80. The fraction of sp³-hybridized carbons (Fsp3) is 0.0714. The second-order valence-electron chi connectivity index (χ2n) is 4.24. The van der Waals surface area contributed by atoms with Crippen LogP contribution in [0.15, 0.2) is 36.7 Å². The molecule has 0 spiro atoms. The van der Waals surface area contributed by atoms with Crippen molar-refractivity contribution in [2.24, 2.45) is 5.73 Å². The maximum Gasteiger partial charge on any atom is 0.257 e. The molecule has 0 atom stereocenters. The Hall–Kier alpha value is -2.34. The van der Waals surface area contributed by atoms with Crippen molar-refractivity contribution in [3.63, 3.8) is 0 Å². The molecule has 102 valence electrons. The van der Waals surface area contributed by atoms with Gasteiger partial charge in [-0.15, -0.1) is 0 Å². The van der Waals surface area contributed by atoms with E-state index in [-0.39, 0.29) is 10.6 Å². The minimum Gasteiger partial charge on any atom is -0.389 e. The first-order valence-electron chi connectivity index (χ1n) is 5.80. The molecule has 20 heavy (non-hydrogen) atoms. The average Bonchev–Trinajstić information content (AvgIpc) is 2.41. The molecule has 2 aromatic rings. The summed E-state index contributed by atoms with van der Waals surface area (Å²) < 4.78 is 13.0. The number of hydrogen-bond donors (Lipinski definition) is 2. The Kier molecular flexibility index (Phi) is 4.05. The Balaban J connectivity index is 2.27. The monoisotopic (exact) mass is 289 g/mol. The maximum atomic E-state index is 13.0. The van der Waals surface area contributed by atoms with Gasteiger partial charge in [-0.25, -0.2) is 4.39 Å². The van der Waals surface area contributed by atoms with Gasteiger partial charge in [-0.1, -0.05) is 24.4 Å². The molecule has 0 aliphatic rings. The van der Waals surface area contributed by atoms with Crippen molar-refractivity contribution in [1.82, 2.24) is 4.98 Å². The zero-order valence-corrected chi connectivity index (χ0v) is 11.5. The van der Waals surface area contributed by atoms with E-state index in [1.807, 2.05) is 6.92 Å². The number of thiocarbonyl (C=S) groups is 1. The third-order valence-electron chi connectivity index (χ3n) is 2.74. The van der Waals surface area contributed by atoms with Gasteiger partial charge in [-0.2, -0.15) is 0 Å². The van der Waals surface area contributed by atoms with Gasteiger partial charge in [0, 0.05) is 17.4 Å². The van der Waals surface area contributed by atoms with Gasteiger partial charge in [0.15, 0.2) is 0 Å². The summed E-state index contributed by atoms with van der Waals surface area (Å²) in [6, 6.07) is 6.38. The third-order valence-corrected chi connectivity index (χ3v) is 2.97. The van der Waals surface area contributed by atoms with Crippen LogP contribution in [0.3, 0.4) is 0 Å². The van der Waals surface area contributed by atoms with E-state index in [1.54, 1.807) is 18.2 Å². The first kappa shape index (κ1) is 14.1. The van der Waals surface area contributed by atoms with Crippen molar-refractivity contribution < 1.29 is 9.18 Å². The lowest BCUT2D eigenvalue weighted by molar-refractivity contribution is 0.102. The molecule has 0 unspecified atom stereocenters. The van der Waals surface area contributed by atoms with Crippen molar-refractivity contribution in [2.45, 2.75) is 6.92 Å². The van der Waals surface area contributed by atoms with Crippen LogP contribution in [-0.4, -0.2) is 15.9 Å². The summed E-state index contributed by atoms with van der Waals surface area (Å²) in [4.78, 5) is 15.9. The van der Waals surface area contributed by atoms with Crippen LogP contribution in [0.4, 0.5) is 10.1 Å². The Morgan fingerprint density at radius 3 is 2.70 bits per heavy atom. The summed E-state index contributed by atoms with van der Waals surface area (Å²) >= 11 is 4.89. The van der Waals surface area contributed by atoms with Gasteiger partial charge in [0.1, 0.15) is 10.8 Å². The van der Waals surface area contributed by atoms with Gasteiger partial charge in [0.05, 0.1) is 11.8 Å². The summed E-state index contributed by atoms with van der Waals surface area (Å²) in [6.07, 6.45) is 2.33. The predicted molar refractivity (Wildman–Crippen MR) is 79.2 cm³/mol. The standard InChI is InChI=1S/C14H12FN3OS/c1-8-2-3-9(13(16)20)5-12(8)18-14(19)10-4-11(15)7-17-6-10/h2-7H,1H3,(H2,16,20)(H,18,19). The highest BCUT2D eigenvalue weighted by atomic mass is 32.1. The number of aryl methyl sites for hydroxylation is 1. The number of benzene rings is 1. The zero-order valence-electron chi connectivity index (χ0n) is 10.7. The molecule has 0 aliphatic carbocycles. The lowest BCUT2D eigenvalue weighted by atomic mass is 10.1. The molecule has 0 bridgehead atoms. The van der Waals surface area contributed by atoms with E-state index >= 15 is 0 Å². The van der Waals surface area contributed by atoms with Gasteiger partial charge in [-0.3, -0.25) is 9.78 Å². The summed E-state index contributed by atoms with van der Waals surface area (Å²) in [5, 5.41) is 2.69. The highest BCUT2D eigenvalue weighted by Gasteiger charge is 2.10. The molecule has 6 heteroatoms. The zero-order chi connectivity index (χ0) is 14.7. The predicted octanol–water partition coefficient (Wildman–Crippen LogP) is 2.42. The molecule has 0 saturated carbocycles. The largest absolute Gasteiger partial charge is 0.389 e. The van der Waals surface area contributed by atoms with Crippen LogP contribution >= 0.6 is 12.2 Å². The topological polar surface area (TPSA) is 68.0 Å². The van der Waals surface area contributed by atoms with Crippen LogP contribution in [-0.2, 0) is 0 Å². The number of carbonyl (C=O) groups is 1. The SMILES string of the molecule is Cc1ccc(C(N)=S)cc1NC(=O)c1cncc(F)c1. The summed E-state index contributed by atoms with van der Waals surface area (Å²) in [5.74, 6) is -1.01. The minimum atomic E-state index is -0.564. The number of nitrogens with two attached hydrogens (primary N) is 1. The number of hydrogen-bond acceptors (Lipinski definition) is 3. The maximum absolute atomic E-state index is 13.0. The summed E-state index contributed by atoms with van der Waals surface area (Å²) in [6.45, 7) is 1.84. The number of halogens is 1. The van der Waals surface area contributed by atoms with Crippen LogP contribution in [0, 0.1) is 12.7 Å². The Bertz CT molecular complexity index is 688. The fourth-order valence-corrected chi connectivity index (χ4v) is 1.77. The number of carbonyl (C=O) groups excluding carboxylic acids is 1. The third kappa shape index (κ3) is 3.16. The van der Waals surface area contributed by atoms with Crippen LogP contribution in [0.5, 0.6) is 0 Å². The van der Waals surface area contributed by atoms with Crippen LogP contribution < -0.4 is 11.1 Å². The minimum absolute atomic E-state index is 0.144. The second-order valence-corrected chi connectivity index (χ2v) is 4.68. The fourth-order valence-electron chi connectivity index (χ4n) is 1.64. The van der Waals surface area contributed by atoms with Crippen molar-refractivity contribution in [3.05, 3.63) is 59.2 Å². The van der Waals surface area contributed by atoms with Gasteiger partial charge in [-0.05, 0) is 24.6 Å². The number of anilines is 1. The summed E-state index contributed by atoms with van der Waals surface area (Å²) in [5.41, 5.74) is 7.77. The Morgan fingerprint density at radius 2 is 2.05 bits per heavy atom. The molecule has 0 aliphatic heterocycles. The molecular weight excluding hydrogens is 277 g/mol. The van der Waals surface area contributed by atoms with Crippen LogP contribution in [0.25, 0.3) is 0 Å². The lowest BCUT2D eigenvalue weighted by Gasteiger charge is -2.10. The number of rotatable bonds is 3. The van der Waals surface area contributed by atoms with Crippen molar-refractivity contribution in [1.29, 1.82) is 0 Å². The number of nitrogens with zero attached hydrogens (tertiary/aromatic N) is 1. The van der Waals surface area contributed by atoms with E-state index in [4.69, 9.17) is 18.0 Å². The smallest absolute Gasteiger partial charge is 0.257 e. The van der Waals surface area contributed by atoms with E-state index < -0.39 is 11.7 Å². The van der Waals surface area contributed by atoms with E-state index in [9.17, 15) is 9.18 Å². The van der Waals surface area contributed by atoms with Gasteiger partial charge in [0.2, 0.25) is 0 Å². The number of aromatic nitrogens is 1. The highest BCUT2D eigenvalue weighted by Crippen LogP contribution is 2.18. The Morgan fingerprint density at radius 1 is 1.30 bits per heavy atom. The molecule has 0 saturated heterocycles. The summed E-state index contributed by atoms with van der Waals surface area (Å²) in [7, 11) is 0. The molecule has 1 amide bonds. The van der Waals surface area contributed by atoms with Gasteiger partial charge in [0.25, 0.3) is 5.91 Å². The van der Waals surface area contributed by atoms with Crippen LogP contribution in [0.1, 0.15) is 21.5 Å². The number of pyridine rings is 1. The van der Waals surface area contributed by atoms with Crippen molar-refractivity contribution in [2.75, 3.05) is 5.32 Å². The molecule has 1 heterocycles. The molecule has 1 aromatic carbocycles. The number of nitrogens with one attached hydrogen (secondary N) is 1. The van der Waals surface area contributed by atoms with Gasteiger partial charge < -0.3 is 11.1 Å². The molecule has 2 rings (SSSR count). The molecule has 1 aromatic heterocycles. The average molecular weight is 289 g/mol. The molecule has 0 fully saturated rings. The molecular formula is C14H12FN3OS. The second kappa shape index (κ2) is 5.75. The van der Waals surface area contributed by atoms with E-state index in [1.165, 1.54) is 6.20 Å². The van der Waals surface area contributed by atoms with E-state index in [2.05, 4.69) is 10.3 Å².